The van der Waals surface area contributed by atoms with E-state index >= 15 is 0 Å². The summed E-state index contributed by atoms with van der Waals surface area (Å²) in [5, 5.41) is 19.3. The average Bonchev–Trinajstić information content (AvgIpc) is 2.36. The van der Waals surface area contributed by atoms with E-state index in [2.05, 4.69) is 6.07 Å². The van der Waals surface area contributed by atoms with Gasteiger partial charge in [-0.05, 0) is 36.5 Å². The van der Waals surface area contributed by atoms with Gasteiger partial charge in [0, 0.05) is 11.6 Å². The van der Waals surface area contributed by atoms with Crippen molar-refractivity contribution in [1.29, 1.82) is 5.26 Å². The number of benzene rings is 1. The summed E-state index contributed by atoms with van der Waals surface area (Å²) < 4.78 is 0. The maximum absolute atomic E-state index is 11.7. The number of carbonyl (C=O) groups is 1. The molecule has 106 valence electrons. The van der Waals surface area contributed by atoms with Crippen molar-refractivity contribution in [1.82, 2.24) is 0 Å². The lowest BCUT2D eigenvalue weighted by atomic mass is 9.76. The zero-order valence-electron chi connectivity index (χ0n) is 11.6. The fourth-order valence-corrected chi connectivity index (χ4v) is 3.14. The van der Waals surface area contributed by atoms with E-state index in [4.69, 9.17) is 11.6 Å². The fourth-order valence-electron chi connectivity index (χ4n) is 2.97. The molecule has 0 bridgehead atoms. The largest absolute Gasteiger partial charge is 0.480 e. The van der Waals surface area contributed by atoms with Crippen LogP contribution in [-0.4, -0.2) is 23.7 Å². The van der Waals surface area contributed by atoms with Crippen molar-refractivity contribution < 1.29 is 9.90 Å². The summed E-state index contributed by atoms with van der Waals surface area (Å²) in [6, 6.07) is 6.47. The van der Waals surface area contributed by atoms with Crippen LogP contribution in [0.2, 0.25) is 5.02 Å². The number of halogens is 1. The molecular weight excluding hydrogens is 276 g/mol. The number of hydrogen-bond acceptors (Lipinski definition) is 3. The lowest BCUT2D eigenvalue weighted by molar-refractivity contribution is -0.142. The van der Waals surface area contributed by atoms with Crippen LogP contribution in [-0.2, 0) is 4.79 Å². The Morgan fingerprint density at radius 3 is 2.85 bits per heavy atom. The van der Waals surface area contributed by atoms with Crippen LogP contribution in [0.1, 0.15) is 32.3 Å². The van der Waals surface area contributed by atoms with Gasteiger partial charge in [-0.1, -0.05) is 25.4 Å². The van der Waals surface area contributed by atoms with E-state index < -0.39 is 12.0 Å². The zero-order chi connectivity index (χ0) is 14.9. The first-order valence-electron chi connectivity index (χ1n) is 6.56. The molecule has 0 saturated carbocycles. The van der Waals surface area contributed by atoms with Crippen LogP contribution in [0.4, 0.5) is 5.69 Å². The highest BCUT2D eigenvalue weighted by molar-refractivity contribution is 6.30. The van der Waals surface area contributed by atoms with Crippen LogP contribution in [0.15, 0.2) is 18.2 Å². The molecule has 0 spiro atoms. The van der Waals surface area contributed by atoms with Crippen molar-refractivity contribution in [2.24, 2.45) is 5.41 Å². The molecule has 1 atom stereocenters. The highest BCUT2D eigenvalue weighted by atomic mass is 35.5. The van der Waals surface area contributed by atoms with Crippen LogP contribution in [0.5, 0.6) is 0 Å². The summed E-state index contributed by atoms with van der Waals surface area (Å²) >= 11 is 5.90. The molecule has 1 aromatic carbocycles. The lowest BCUT2D eigenvalue weighted by Gasteiger charge is -2.45. The topological polar surface area (TPSA) is 64.3 Å². The minimum atomic E-state index is -0.853. The molecule has 2 rings (SSSR count). The van der Waals surface area contributed by atoms with Gasteiger partial charge < -0.3 is 10.0 Å². The SMILES string of the molecule is CC1(C)CCCN(c2ccc(Cl)cc2C#N)C1C(=O)O. The number of aliphatic carboxylic acids is 1. The third kappa shape index (κ3) is 2.59. The number of carboxylic acids is 1. The molecule has 5 heteroatoms. The predicted molar refractivity (Wildman–Crippen MR) is 78.0 cm³/mol. The van der Waals surface area contributed by atoms with E-state index in [0.29, 0.717) is 22.8 Å². The summed E-state index contributed by atoms with van der Waals surface area (Å²) in [5.74, 6) is -0.853. The molecular formula is C15H17ClN2O2. The van der Waals surface area contributed by atoms with E-state index in [0.717, 1.165) is 12.8 Å². The van der Waals surface area contributed by atoms with Gasteiger partial charge in [0.15, 0.2) is 0 Å². The number of carboxylic acid groups (broad SMARTS) is 1. The Morgan fingerprint density at radius 2 is 2.25 bits per heavy atom. The molecule has 1 fully saturated rings. The van der Waals surface area contributed by atoms with Crippen molar-refractivity contribution >= 4 is 23.3 Å². The Balaban J connectivity index is 2.50. The van der Waals surface area contributed by atoms with Gasteiger partial charge in [0.1, 0.15) is 12.1 Å². The van der Waals surface area contributed by atoms with Crippen LogP contribution in [0, 0.1) is 16.7 Å². The number of hydrogen-bond donors (Lipinski definition) is 1. The minimum Gasteiger partial charge on any atom is -0.480 e. The Labute approximate surface area is 123 Å². The zero-order valence-corrected chi connectivity index (χ0v) is 12.3. The van der Waals surface area contributed by atoms with Gasteiger partial charge in [0.25, 0.3) is 0 Å². The molecule has 0 aromatic heterocycles. The van der Waals surface area contributed by atoms with Gasteiger partial charge in [0.05, 0.1) is 11.3 Å². The number of anilines is 1. The molecule has 0 amide bonds. The standard InChI is InChI=1S/C15H17ClN2O2/c1-15(2)6-3-7-18(13(15)14(19)20)12-5-4-11(16)8-10(12)9-17/h4-5,8,13H,3,6-7H2,1-2H3,(H,19,20). The summed E-state index contributed by atoms with van der Waals surface area (Å²) in [7, 11) is 0. The molecule has 1 aromatic rings. The van der Waals surface area contributed by atoms with Gasteiger partial charge in [-0.2, -0.15) is 5.26 Å². The third-order valence-corrected chi connectivity index (χ3v) is 4.13. The smallest absolute Gasteiger partial charge is 0.326 e. The molecule has 1 aliphatic heterocycles. The summed E-state index contributed by atoms with van der Waals surface area (Å²) in [6.07, 6.45) is 1.76. The lowest BCUT2D eigenvalue weighted by Crippen LogP contribution is -2.54. The first-order valence-corrected chi connectivity index (χ1v) is 6.94. The van der Waals surface area contributed by atoms with Crippen molar-refractivity contribution in [2.75, 3.05) is 11.4 Å². The normalized spacial score (nSPS) is 21.3. The van der Waals surface area contributed by atoms with Crippen molar-refractivity contribution in [3.63, 3.8) is 0 Å². The second-order valence-corrected chi connectivity index (χ2v) is 6.24. The van der Waals surface area contributed by atoms with E-state index in [1.54, 1.807) is 18.2 Å². The first-order chi connectivity index (χ1) is 9.36. The molecule has 1 unspecified atom stereocenters. The van der Waals surface area contributed by atoms with Crippen molar-refractivity contribution in [3.8, 4) is 6.07 Å². The highest BCUT2D eigenvalue weighted by Gasteiger charge is 2.43. The first kappa shape index (κ1) is 14.7. The number of nitrogens with zero attached hydrogens (tertiary/aromatic N) is 2. The van der Waals surface area contributed by atoms with E-state index in [-0.39, 0.29) is 5.41 Å². The Hall–Kier alpha value is -1.73. The van der Waals surface area contributed by atoms with E-state index in [9.17, 15) is 15.2 Å². The molecule has 20 heavy (non-hydrogen) atoms. The highest BCUT2D eigenvalue weighted by Crippen LogP contribution is 2.39. The molecule has 0 radical (unpaired) electrons. The second-order valence-electron chi connectivity index (χ2n) is 5.80. The maximum atomic E-state index is 11.7. The summed E-state index contributed by atoms with van der Waals surface area (Å²) in [5.41, 5.74) is 0.731. The fraction of sp³-hybridized carbons (Fsp3) is 0.467. The second kappa shape index (κ2) is 5.34. The number of piperidine rings is 1. The molecule has 0 aliphatic carbocycles. The van der Waals surface area contributed by atoms with Gasteiger partial charge in [-0.3, -0.25) is 0 Å². The Kier molecular flexibility index (Phi) is 3.92. The minimum absolute atomic E-state index is 0.337. The molecule has 1 saturated heterocycles. The molecule has 4 nitrogen and oxygen atoms in total. The van der Waals surface area contributed by atoms with Crippen LogP contribution < -0.4 is 4.90 Å². The monoisotopic (exact) mass is 292 g/mol. The maximum Gasteiger partial charge on any atom is 0.326 e. The van der Waals surface area contributed by atoms with Gasteiger partial charge >= 0.3 is 5.97 Å². The Morgan fingerprint density at radius 1 is 1.55 bits per heavy atom. The van der Waals surface area contributed by atoms with Crippen LogP contribution in [0.25, 0.3) is 0 Å². The number of rotatable bonds is 2. The third-order valence-electron chi connectivity index (χ3n) is 3.89. The van der Waals surface area contributed by atoms with E-state index in [1.165, 1.54) is 0 Å². The van der Waals surface area contributed by atoms with Gasteiger partial charge in [-0.25, -0.2) is 4.79 Å². The van der Waals surface area contributed by atoms with Crippen molar-refractivity contribution in [3.05, 3.63) is 28.8 Å². The predicted octanol–water partition coefficient (Wildman–Crippen LogP) is 3.29. The summed E-state index contributed by atoms with van der Waals surface area (Å²) in [4.78, 5) is 13.5. The molecule has 1 aliphatic rings. The quantitative estimate of drug-likeness (QED) is 0.908. The molecule has 1 heterocycles. The number of nitriles is 1. The molecule has 1 N–H and O–H groups in total. The van der Waals surface area contributed by atoms with Gasteiger partial charge in [-0.15, -0.1) is 0 Å². The van der Waals surface area contributed by atoms with Crippen LogP contribution in [0.3, 0.4) is 0 Å². The van der Waals surface area contributed by atoms with Crippen molar-refractivity contribution in [2.45, 2.75) is 32.7 Å². The average molecular weight is 293 g/mol. The van der Waals surface area contributed by atoms with E-state index in [1.807, 2.05) is 18.7 Å². The summed E-state index contributed by atoms with van der Waals surface area (Å²) in [6.45, 7) is 4.55. The Bertz CT molecular complexity index is 578. The van der Waals surface area contributed by atoms with Gasteiger partial charge in [0.2, 0.25) is 0 Å². The van der Waals surface area contributed by atoms with Crippen LogP contribution >= 0.6 is 11.6 Å².